The fraction of sp³-hybridized carbons (Fsp3) is 1.00. The first-order chi connectivity index (χ1) is 6.87. The maximum atomic E-state index is 5.04. The Labute approximate surface area is 87.4 Å². The van der Waals surface area contributed by atoms with E-state index < -0.39 is 0 Å². The molecule has 1 N–H and O–H groups in total. The van der Waals surface area contributed by atoms with Gasteiger partial charge in [0.1, 0.15) is 0 Å². The van der Waals surface area contributed by atoms with Crippen molar-refractivity contribution in [2.45, 2.75) is 38.5 Å². The average Bonchev–Trinajstić information content (AvgIpc) is 2.79. The molecule has 14 heavy (non-hydrogen) atoms. The Hall–Kier alpha value is -0.0800. The molecule has 2 aliphatic rings. The van der Waals surface area contributed by atoms with Gasteiger partial charge in [0.2, 0.25) is 0 Å². The second kappa shape index (κ2) is 4.63. The van der Waals surface area contributed by atoms with Gasteiger partial charge in [-0.3, -0.25) is 0 Å². The summed E-state index contributed by atoms with van der Waals surface area (Å²) in [6.45, 7) is 3.10. The molecule has 2 aliphatic carbocycles. The summed E-state index contributed by atoms with van der Waals surface area (Å²) in [6.07, 6.45) is 8.88. The first kappa shape index (κ1) is 10.4. The van der Waals surface area contributed by atoms with Crippen LogP contribution in [0.5, 0.6) is 0 Å². The van der Waals surface area contributed by atoms with E-state index in [2.05, 4.69) is 5.32 Å². The molecule has 0 unspecified atom stereocenters. The lowest BCUT2D eigenvalue weighted by Gasteiger charge is -2.23. The summed E-state index contributed by atoms with van der Waals surface area (Å²) in [4.78, 5) is 0. The Kier molecular flexibility index (Phi) is 3.45. The highest BCUT2D eigenvalue weighted by Crippen LogP contribution is 2.56. The maximum absolute atomic E-state index is 5.04. The topological polar surface area (TPSA) is 21.3 Å². The van der Waals surface area contributed by atoms with E-state index in [1.807, 2.05) is 0 Å². The summed E-state index contributed by atoms with van der Waals surface area (Å²) < 4.78 is 5.04. The minimum absolute atomic E-state index is 0.713. The van der Waals surface area contributed by atoms with E-state index in [9.17, 15) is 0 Å². The zero-order valence-corrected chi connectivity index (χ0v) is 9.35. The molecule has 2 nitrogen and oxygen atoms in total. The second-order valence-corrected chi connectivity index (χ2v) is 5.01. The van der Waals surface area contributed by atoms with Crippen molar-refractivity contribution in [2.75, 3.05) is 26.8 Å². The SMILES string of the molecule is COCCNCC1(C2CCCC2)CC1. The number of rotatable bonds is 6. The van der Waals surface area contributed by atoms with E-state index in [1.165, 1.54) is 45.1 Å². The minimum atomic E-state index is 0.713. The fourth-order valence-corrected chi connectivity index (χ4v) is 2.94. The standard InChI is InChI=1S/C12H23NO/c1-14-9-8-13-10-12(6-7-12)11-4-2-3-5-11/h11,13H,2-10H2,1H3. The van der Waals surface area contributed by atoms with Crippen molar-refractivity contribution in [1.29, 1.82) is 0 Å². The third kappa shape index (κ3) is 2.29. The van der Waals surface area contributed by atoms with Crippen LogP contribution in [0.1, 0.15) is 38.5 Å². The van der Waals surface area contributed by atoms with Crippen LogP contribution in [0.2, 0.25) is 0 Å². The zero-order chi connectivity index (χ0) is 9.86. The van der Waals surface area contributed by atoms with Gasteiger partial charge in [-0.05, 0) is 37.0 Å². The highest BCUT2D eigenvalue weighted by molar-refractivity contribution is 5.01. The largest absolute Gasteiger partial charge is 0.383 e. The molecular weight excluding hydrogens is 174 g/mol. The average molecular weight is 197 g/mol. The van der Waals surface area contributed by atoms with Crippen LogP contribution in [0.15, 0.2) is 0 Å². The summed E-state index contributed by atoms with van der Waals surface area (Å²) in [5.41, 5.74) is 0.713. The van der Waals surface area contributed by atoms with E-state index >= 15 is 0 Å². The molecule has 2 rings (SSSR count). The van der Waals surface area contributed by atoms with E-state index in [4.69, 9.17) is 4.74 Å². The van der Waals surface area contributed by atoms with Crippen LogP contribution in [-0.2, 0) is 4.74 Å². The molecule has 0 bridgehead atoms. The van der Waals surface area contributed by atoms with Gasteiger partial charge < -0.3 is 10.1 Å². The van der Waals surface area contributed by atoms with E-state index in [0.717, 1.165) is 19.1 Å². The van der Waals surface area contributed by atoms with Crippen molar-refractivity contribution < 1.29 is 4.74 Å². The Morgan fingerprint density at radius 2 is 2.00 bits per heavy atom. The highest BCUT2D eigenvalue weighted by Gasteiger charge is 2.48. The molecule has 0 aromatic heterocycles. The quantitative estimate of drug-likeness (QED) is 0.659. The summed E-state index contributed by atoms with van der Waals surface area (Å²) in [5, 5.41) is 3.54. The van der Waals surface area contributed by atoms with Gasteiger partial charge in [0.15, 0.2) is 0 Å². The number of methoxy groups -OCH3 is 1. The van der Waals surface area contributed by atoms with Crippen molar-refractivity contribution in [3.8, 4) is 0 Å². The molecular formula is C12H23NO. The second-order valence-electron chi connectivity index (χ2n) is 5.01. The van der Waals surface area contributed by atoms with E-state index in [1.54, 1.807) is 7.11 Å². The number of ether oxygens (including phenoxy) is 1. The molecule has 82 valence electrons. The van der Waals surface area contributed by atoms with Crippen molar-refractivity contribution >= 4 is 0 Å². The van der Waals surface area contributed by atoms with Gasteiger partial charge in [0.05, 0.1) is 6.61 Å². The molecule has 2 fully saturated rings. The van der Waals surface area contributed by atoms with Crippen molar-refractivity contribution in [3.05, 3.63) is 0 Å². The lowest BCUT2D eigenvalue weighted by molar-refractivity contribution is 0.193. The molecule has 2 heteroatoms. The normalized spacial score (nSPS) is 25.5. The summed E-state index contributed by atoms with van der Waals surface area (Å²) in [5.74, 6) is 1.04. The van der Waals surface area contributed by atoms with Crippen molar-refractivity contribution in [1.82, 2.24) is 5.32 Å². The van der Waals surface area contributed by atoms with Crippen LogP contribution in [-0.4, -0.2) is 26.8 Å². The maximum Gasteiger partial charge on any atom is 0.0587 e. The van der Waals surface area contributed by atoms with Gasteiger partial charge in [-0.15, -0.1) is 0 Å². The van der Waals surface area contributed by atoms with Crippen LogP contribution >= 0.6 is 0 Å². The molecule has 0 radical (unpaired) electrons. The van der Waals surface area contributed by atoms with Gasteiger partial charge in [0.25, 0.3) is 0 Å². The third-order valence-electron chi connectivity index (χ3n) is 4.07. The van der Waals surface area contributed by atoms with Crippen LogP contribution in [0.25, 0.3) is 0 Å². The molecule has 0 spiro atoms. The van der Waals surface area contributed by atoms with Gasteiger partial charge >= 0.3 is 0 Å². The first-order valence-electron chi connectivity index (χ1n) is 6.07. The molecule has 0 aromatic rings. The predicted molar refractivity (Wildman–Crippen MR) is 58.4 cm³/mol. The predicted octanol–water partition coefficient (Wildman–Crippen LogP) is 2.19. The Morgan fingerprint density at radius 1 is 1.29 bits per heavy atom. The molecule has 0 amide bonds. The van der Waals surface area contributed by atoms with Gasteiger partial charge in [0, 0.05) is 20.2 Å². The molecule has 2 saturated carbocycles. The van der Waals surface area contributed by atoms with Crippen molar-refractivity contribution in [2.24, 2.45) is 11.3 Å². The molecule has 0 heterocycles. The van der Waals surface area contributed by atoms with E-state index in [0.29, 0.717) is 5.41 Å². The van der Waals surface area contributed by atoms with E-state index in [-0.39, 0.29) is 0 Å². The summed E-state index contributed by atoms with van der Waals surface area (Å²) in [7, 11) is 1.77. The smallest absolute Gasteiger partial charge is 0.0587 e. The van der Waals surface area contributed by atoms with Crippen molar-refractivity contribution in [3.63, 3.8) is 0 Å². The lowest BCUT2D eigenvalue weighted by atomic mass is 9.87. The third-order valence-corrected chi connectivity index (χ3v) is 4.07. The van der Waals surface area contributed by atoms with Gasteiger partial charge in [-0.1, -0.05) is 12.8 Å². The van der Waals surface area contributed by atoms with Crippen LogP contribution in [0.4, 0.5) is 0 Å². The first-order valence-corrected chi connectivity index (χ1v) is 6.07. The Morgan fingerprint density at radius 3 is 2.57 bits per heavy atom. The summed E-state index contributed by atoms with van der Waals surface area (Å²) in [6, 6.07) is 0. The van der Waals surface area contributed by atoms with Crippen LogP contribution in [0, 0.1) is 11.3 Å². The minimum Gasteiger partial charge on any atom is -0.383 e. The number of hydrogen-bond donors (Lipinski definition) is 1. The molecule has 0 aliphatic heterocycles. The lowest BCUT2D eigenvalue weighted by Crippen LogP contribution is -2.30. The molecule has 0 aromatic carbocycles. The molecule has 0 saturated heterocycles. The highest BCUT2D eigenvalue weighted by atomic mass is 16.5. The number of nitrogens with one attached hydrogen (secondary N) is 1. The Balaban J connectivity index is 1.68. The van der Waals surface area contributed by atoms with Gasteiger partial charge in [-0.2, -0.15) is 0 Å². The van der Waals surface area contributed by atoms with Crippen LogP contribution in [0.3, 0.4) is 0 Å². The summed E-state index contributed by atoms with van der Waals surface area (Å²) >= 11 is 0. The van der Waals surface area contributed by atoms with Gasteiger partial charge in [-0.25, -0.2) is 0 Å². The van der Waals surface area contributed by atoms with Crippen LogP contribution < -0.4 is 5.32 Å². The number of hydrogen-bond acceptors (Lipinski definition) is 2. The monoisotopic (exact) mass is 197 g/mol. The zero-order valence-electron chi connectivity index (χ0n) is 9.35. The fourth-order valence-electron chi connectivity index (χ4n) is 2.94. The molecule has 0 atom stereocenters. The Bertz CT molecular complexity index is 171.